The van der Waals surface area contributed by atoms with Crippen LogP contribution in [-0.2, 0) is 57.2 Å². The fourth-order valence-corrected chi connectivity index (χ4v) is 7.30. The molecule has 0 aromatic heterocycles. The van der Waals surface area contributed by atoms with E-state index in [1.807, 2.05) is 0 Å². The van der Waals surface area contributed by atoms with Gasteiger partial charge in [0.05, 0.1) is 5.92 Å². The molecular weight excluding hydrogens is 640 g/mol. The Labute approximate surface area is 288 Å². The van der Waals surface area contributed by atoms with E-state index in [9.17, 15) is 33.9 Å². The van der Waals surface area contributed by atoms with Crippen molar-refractivity contribution in [2.75, 3.05) is 0 Å². The molecule has 1 aliphatic heterocycles. The number of hydrogen-bond donors (Lipinski definition) is 1. The molecule has 1 heterocycles. The van der Waals surface area contributed by atoms with Crippen molar-refractivity contribution in [2.24, 2.45) is 5.92 Å². The molecule has 13 heteroatoms. The van der Waals surface area contributed by atoms with Crippen LogP contribution in [-0.4, -0.2) is 82.1 Å². The van der Waals surface area contributed by atoms with Crippen LogP contribution < -0.4 is 0 Å². The fourth-order valence-electron chi connectivity index (χ4n) is 7.30. The summed E-state index contributed by atoms with van der Waals surface area (Å²) in [7, 11) is 0. The van der Waals surface area contributed by atoms with Crippen LogP contribution in [0.4, 0.5) is 0 Å². The average molecular weight is 693 g/mol. The van der Waals surface area contributed by atoms with Gasteiger partial charge in [0.1, 0.15) is 11.7 Å². The molecule has 0 aromatic rings. The van der Waals surface area contributed by atoms with Crippen molar-refractivity contribution in [3.05, 3.63) is 22.8 Å². The summed E-state index contributed by atoms with van der Waals surface area (Å²) in [6.07, 6.45) is -0.0241. The van der Waals surface area contributed by atoms with Gasteiger partial charge in [-0.1, -0.05) is 45.6 Å². The maximum absolute atomic E-state index is 13.7. The maximum Gasteiger partial charge on any atom is 0.354 e. The van der Waals surface area contributed by atoms with Gasteiger partial charge in [-0.05, 0) is 58.6 Å². The lowest BCUT2D eigenvalue weighted by atomic mass is 9.75. The molecule has 0 bridgehead atoms. The predicted molar refractivity (Wildman–Crippen MR) is 173 cm³/mol. The smallest absolute Gasteiger partial charge is 0.354 e. The highest BCUT2D eigenvalue weighted by Gasteiger charge is 2.78. The lowest BCUT2D eigenvalue weighted by molar-refractivity contribution is -0.221. The number of esters is 6. The number of allylic oxidation sites excluding steroid dienone is 1. The van der Waals surface area contributed by atoms with Crippen LogP contribution in [0.5, 0.6) is 0 Å². The van der Waals surface area contributed by atoms with Crippen molar-refractivity contribution in [1.82, 2.24) is 0 Å². The zero-order valence-electron chi connectivity index (χ0n) is 30.2. The number of unbranched alkanes of at least 4 members (excludes halogenated alkanes) is 4. The number of fused-ring (bicyclic) bond motifs is 3. The molecule has 2 fully saturated rings. The van der Waals surface area contributed by atoms with Gasteiger partial charge in [0, 0.05) is 38.7 Å². The molecule has 0 unspecified atom stereocenters. The lowest BCUT2D eigenvalue weighted by Crippen LogP contribution is -2.66. The highest BCUT2D eigenvalue weighted by molar-refractivity contribution is 5.89. The van der Waals surface area contributed by atoms with Crippen LogP contribution in [0, 0.1) is 5.92 Å². The standard InChI is InChI=1S/C36H52O13/c1-10-13-14-15-16-18-26(40)45-30-28-27(21(5)29(30)46-32(41)20(4)12-3)31-36(43,35(9,33(42)47-31)49-23(7)38)24(44-25(39)17-11-2)19-34(28,8)48-22(6)37/h12,24,28-31,43H,10-11,13-19H2,1-9H3/b20-12+/t24-,28+,29-,30-,31-,34-,35+,36+/m0/s1. The second-order valence-electron chi connectivity index (χ2n) is 13.6. The van der Waals surface area contributed by atoms with Crippen molar-refractivity contribution in [3.8, 4) is 0 Å². The Morgan fingerprint density at radius 3 is 2.06 bits per heavy atom. The Kier molecular flexibility index (Phi) is 12.9. The zero-order valence-corrected chi connectivity index (χ0v) is 30.2. The Bertz CT molecular complexity index is 1380. The minimum atomic E-state index is -2.57. The second-order valence-corrected chi connectivity index (χ2v) is 13.6. The molecular formula is C36H52O13. The van der Waals surface area contributed by atoms with Crippen molar-refractivity contribution < 1.29 is 62.3 Å². The molecule has 274 valence electrons. The molecule has 0 amide bonds. The van der Waals surface area contributed by atoms with Gasteiger partial charge in [-0.3, -0.25) is 19.2 Å². The minimum Gasteiger partial charge on any atom is -0.459 e. The molecule has 3 rings (SSSR count). The van der Waals surface area contributed by atoms with Crippen LogP contribution in [0.25, 0.3) is 0 Å². The molecule has 2 aliphatic carbocycles. The normalized spacial score (nSPS) is 32.3. The molecule has 1 N–H and O–H groups in total. The average Bonchev–Trinajstić information content (AvgIpc) is 3.35. The third kappa shape index (κ3) is 7.86. The van der Waals surface area contributed by atoms with Crippen LogP contribution in [0.1, 0.15) is 120 Å². The maximum atomic E-state index is 13.7. The van der Waals surface area contributed by atoms with E-state index in [0.29, 0.717) is 12.8 Å². The molecule has 3 aliphatic rings. The first-order chi connectivity index (χ1) is 22.9. The molecule has 0 spiro atoms. The highest BCUT2D eigenvalue weighted by Crippen LogP contribution is 2.58. The fraction of sp³-hybridized carbons (Fsp3) is 0.722. The van der Waals surface area contributed by atoms with E-state index in [2.05, 4.69) is 6.92 Å². The van der Waals surface area contributed by atoms with Crippen LogP contribution in [0.2, 0.25) is 0 Å². The first-order valence-corrected chi connectivity index (χ1v) is 17.2. The second kappa shape index (κ2) is 15.9. The third-order valence-corrected chi connectivity index (χ3v) is 9.84. The van der Waals surface area contributed by atoms with E-state index in [1.165, 1.54) is 13.8 Å². The first-order valence-electron chi connectivity index (χ1n) is 17.2. The number of carbonyl (C=O) groups is 6. The van der Waals surface area contributed by atoms with E-state index in [4.69, 9.17) is 28.4 Å². The van der Waals surface area contributed by atoms with E-state index in [-0.39, 0.29) is 29.6 Å². The summed E-state index contributed by atoms with van der Waals surface area (Å²) >= 11 is 0. The Balaban J connectivity index is 2.30. The largest absolute Gasteiger partial charge is 0.459 e. The minimum absolute atomic E-state index is 0.0490. The third-order valence-electron chi connectivity index (χ3n) is 9.84. The summed E-state index contributed by atoms with van der Waals surface area (Å²) in [4.78, 5) is 78.5. The van der Waals surface area contributed by atoms with Crippen molar-refractivity contribution in [3.63, 3.8) is 0 Å². The number of ether oxygens (including phenoxy) is 6. The quantitative estimate of drug-likeness (QED) is 0.0886. The van der Waals surface area contributed by atoms with E-state index in [0.717, 1.165) is 39.5 Å². The number of aliphatic hydroxyl groups is 1. The van der Waals surface area contributed by atoms with Crippen LogP contribution >= 0.6 is 0 Å². The molecule has 49 heavy (non-hydrogen) atoms. The van der Waals surface area contributed by atoms with Crippen molar-refractivity contribution >= 4 is 35.8 Å². The van der Waals surface area contributed by atoms with Crippen molar-refractivity contribution in [1.29, 1.82) is 0 Å². The summed E-state index contributed by atoms with van der Waals surface area (Å²) in [5.74, 6) is -6.01. The van der Waals surface area contributed by atoms with E-state index in [1.54, 1.807) is 33.8 Å². The van der Waals surface area contributed by atoms with E-state index >= 15 is 0 Å². The van der Waals surface area contributed by atoms with Gasteiger partial charge in [-0.2, -0.15) is 0 Å². The van der Waals surface area contributed by atoms with Crippen molar-refractivity contribution in [2.45, 2.75) is 161 Å². The molecule has 0 aromatic carbocycles. The summed E-state index contributed by atoms with van der Waals surface area (Å²) in [5.41, 5.74) is -6.04. The van der Waals surface area contributed by atoms with Gasteiger partial charge in [-0.15, -0.1) is 0 Å². The van der Waals surface area contributed by atoms with Gasteiger partial charge in [0.25, 0.3) is 0 Å². The van der Waals surface area contributed by atoms with E-state index < -0.39 is 89.4 Å². The Hall–Kier alpha value is -3.74. The molecule has 1 saturated carbocycles. The van der Waals surface area contributed by atoms with Crippen LogP contribution in [0.3, 0.4) is 0 Å². The molecule has 1 saturated heterocycles. The monoisotopic (exact) mass is 692 g/mol. The van der Waals surface area contributed by atoms with Gasteiger partial charge >= 0.3 is 35.8 Å². The van der Waals surface area contributed by atoms with Crippen LogP contribution in [0.15, 0.2) is 22.8 Å². The van der Waals surface area contributed by atoms with Gasteiger partial charge in [0.15, 0.2) is 23.9 Å². The summed E-state index contributed by atoms with van der Waals surface area (Å²) in [6.45, 7) is 13.5. The lowest BCUT2D eigenvalue weighted by Gasteiger charge is -2.42. The number of carbonyl (C=O) groups excluding carboxylic acids is 6. The van der Waals surface area contributed by atoms with Gasteiger partial charge in [-0.25, -0.2) is 9.59 Å². The number of hydrogen-bond acceptors (Lipinski definition) is 13. The summed E-state index contributed by atoms with van der Waals surface area (Å²) in [6, 6.07) is 0. The van der Waals surface area contributed by atoms with Gasteiger partial charge in [0.2, 0.25) is 5.60 Å². The SMILES string of the molecule is C/C=C(\C)C(=O)O[C@H]1C(C)=C2[C@H]([C@@H]1OC(=O)CCCCCCC)[C@@](C)(OC(C)=O)C[C@H](OC(=O)CCC)[C@@]1(O)[C@H]2OC(=O)[C@@]1(C)OC(C)=O. The Morgan fingerprint density at radius 2 is 1.49 bits per heavy atom. The summed E-state index contributed by atoms with van der Waals surface area (Å²) < 4.78 is 35.2. The number of rotatable bonds is 14. The summed E-state index contributed by atoms with van der Waals surface area (Å²) in [5, 5.41) is 12.8. The Morgan fingerprint density at radius 1 is 0.878 bits per heavy atom. The highest BCUT2D eigenvalue weighted by atomic mass is 16.7. The van der Waals surface area contributed by atoms with Gasteiger partial charge < -0.3 is 33.5 Å². The molecule has 8 atom stereocenters. The topological polar surface area (TPSA) is 178 Å². The predicted octanol–water partition coefficient (Wildman–Crippen LogP) is 4.50. The molecule has 13 nitrogen and oxygen atoms in total. The zero-order chi connectivity index (χ0) is 36.9. The molecule has 0 radical (unpaired) electrons. The first kappa shape index (κ1) is 39.7.